The van der Waals surface area contributed by atoms with Gasteiger partial charge < -0.3 is 25.5 Å². The summed E-state index contributed by atoms with van der Waals surface area (Å²) in [6.07, 6.45) is 2.75. The minimum atomic E-state index is -0.953. The number of para-hydroxylation sites is 1. The second-order valence-electron chi connectivity index (χ2n) is 6.88. The largest absolute Gasteiger partial charge is 0.508 e. The third-order valence-electron chi connectivity index (χ3n) is 4.65. The third kappa shape index (κ3) is 5.42. The molecule has 3 rings (SSSR count). The molecule has 0 heterocycles. The normalized spacial score (nSPS) is 11.8. The van der Waals surface area contributed by atoms with E-state index in [4.69, 9.17) is 0 Å². The van der Waals surface area contributed by atoms with Crippen LogP contribution in [-0.4, -0.2) is 39.1 Å². The summed E-state index contributed by atoms with van der Waals surface area (Å²) in [5, 5.41) is 31.4. The maximum Gasteiger partial charge on any atom is 0.251 e. The maximum atomic E-state index is 13.0. The zero-order valence-electron chi connectivity index (χ0n) is 16.8. The fourth-order valence-electron chi connectivity index (χ4n) is 3.00. The molecule has 0 bridgehead atoms. The number of phenolic OH excluding ortho intramolecular Hbond substituents is 3. The van der Waals surface area contributed by atoms with Crippen LogP contribution in [0, 0.1) is 0 Å². The lowest BCUT2D eigenvalue weighted by molar-refractivity contribution is -0.133. The van der Waals surface area contributed by atoms with Crippen molar-refractivity contribution in [2.24, 2.45) is 0 Å². The van der Waals surface area contributed by atoms with Crippen LogP contribution in [0.3, 0.4) is 0 Å². The summed E-state index contributed by atoms with van der Waals surface area (Å²) < 4.78 is 0. The number of carbonyl (C=O) groups excluding carboxylic acids is 2. The number of aromatic hydroxyl groups is 3. The molecule has 7 nitrogen and oxygen atoms in total. The average Bonchev–Trinajstić information content (AvgIpc) is 2.76. The molecule has 0 aromatic heterocycles. The minimum absolute atomic E-state index is 0.0481. The zero-order valence-corrected chi connectivity index (χ0v) is 16.8. The molecule has 0 aliphatic heterocycles. The monoisotopic (exact) mass is 418 g/mol. The van der Waals surface area contributed by atoms with Crippen LogP contribution >= 0.6 is 0 Å². The minimum Gasteiger partial charge on any atom is -0.508 e. The Labute approximate surface area is 179 Å². The molecule has 0 unspecified atom stereocenters. The summed E-state index contributed by atoms with van der Waals surface area (Å²) in [4.78, 5) is 27.1. The molecule has 0 saturated carbocycles. The highest BCUT2D eigenvalue weighted by atomic mass is 16.3. The van der Waals surface area contributed by atoms with Crippen molar-refractivity contribution < 1.29 is 24.9 Å². The maximum absolute atomic E-state index is 13.0. The summed E-state index contributed by atoms with van der Waals surface area (Å²) in [7, 11) is 1.50. The molecule has 0 aliphatic carbocycles. The molecule has 0 radical (unpaired) electrons. The van der Waals surface area contributed by atoms with Crippen LogP contribution in [-0.2, 0) is 9.59 Å². The first kappa shape index (κ1) is 21.4. The second kappa shape index (κ2) is 9.49. The Hall–Kier alpha value is -4.26. The van der Waals surface area contributed by atoms with E-state index in [-0.39, 0.29) is 17.2 Å². The van der Waals surface area contributed by atoms with Crippen LogP contribution < -0.4 is 5.32 Å². The number of nitrogens with zero attached hydrogens (tertiary/aromatic N) is 1. The molecular formula is C24H22N2O5. The quantitative estimate of drug-likeness (QED) is 0.361. The predicted octanol–water partition coefficient (Wildman–Crippen LogP) is 3.66. The zero-order chi connectivity index (χ0) is 22.4. The number of carbonyl (C=O) groups is 2. The Bertz CT molecular complexity index is 1090. The predicted molar refractivity (Wildman–Crippen MR) is 117 cm³/mol. The van der Waals surface area contributed by atoms with Gasteiger partial charge in [0, 0.05) is 18.8 Å². The topological polar surface area (TPSA) is 110 Å². The SMILES string of the molecule is CN(C(=O)/C=C\c1ccc(O)c(O)c1)[C@@H](C(=O)Nc1ccccc1)c1ccc(O)cc1. The number of nitrogens with one attached hydrogen (secondary N) is 1. The number of benzene rings is 3. The lowest BCUT2D eigenvalue weighted by Crippen LogP contribution is -2.37. The standard InChI is InChI=1S/C24H22N2O5/c1-26(22(30)14-8-16-7-13-20(28)21(29)15-16)23(17-9-11-19(27)12-10-17)24(31)25-18-5-3-2-4-6-18/h2-15,23,27-29H,1H3,(H,25,31)/b14-8-/t23-/m1/s1. The van der Waals surface area contributed by atoms with Crippen LogP contribution in [0.1, 0.15) is 17.2 Å². The molecular weight excluding hydrogens is 396 g/mol. The number of likely N-dealkylation sites (N-methyl/N-ethyl adjacent to an activating group) is 1. The fraction of sp³-hybridized carbons (Fsp3) is 0.0833. The summed E-state index contributed by atoms with van der Waals surface area (Å²) >= 11 is 0. The van der Waals surface area contributed by atoms with E-state index in [0.717, 1.165) is 0 Å². The molecule has 3 aromatic rings. The molecule has 0 aliphatic rings. The van der Waals surface area contributed by atoms with Crippen molar-refractivity contribution in [3.63, 3.8) is 0 Å². The third-order valence-corrected chi connectivity index (χ3v) is 4.65. The van der Waals surface area contributed by atoms with Gasteiger partial charge in [-0.05, 0) is 53.6 Å². The Morgan fingerprint density at radius 2 is 1.58 bits per heavy atom. The molecule has 7 heteroatoms. The molecule has 0 saturated heterocycles. The summed E-state index contributed by atoms with van der Waals surface area (Å²) in [5.41, 5.74) is 1.62. The number of hydrogen-bond acceptors (Lipinski definition) is 5. The van der Waals surface area contributed by atoms with Gasteiger partial charge in [-0.25, -0.2) is 0 Å². The summed E-state index contributed by atoms with van der Waals surface area (Å²) in [5.74, 6) is -1.37. The van der Waals surface area contributed by atoms with E-state index in [2.05, 4.69) is 5.32 Å². The van der Waals surface area contributed by atoms with Gasteiger partial charge in [-0.2, -0.15) is 0 Å². The van der Waals surface area contributed by atoms with Gasteiger partial charge in [0.05, 0.1) is 0 Å². The van der Waals surface area contributed by atoms with Gasteiger partial charge in [0.25, 0.3) is 5.91 Å². The number of hydrogen-bond donors (Lipinski definition) is 4. The second-order valence-corrected chi connectivity index (χ2v) is 6.88. The van der Waals surface area contributed by atoms with E-state index in [9.17, 15) is 24.9 Å². The van der Waals surface area contributed by atoms with Crippen LogP contribution in [0.5, 0.6) is 17.2 Å². The number of phenols is 3. The first-order valence-electron chi connectivity index (χ1n) is 9.47. The highest BCUT2D eigenvalue weighted by Gasteiger charge is 2.28. The van der Waals surface area contributed by atoms with Gasteiger partial charge in [-0.1, -0.05) is 36.4 Å². The van der Waals surface area contributed by atoms with E-state index in [1.807, 2.05) is 6.07 Å². The lowest BCUT2D eigenvalue weighted by atomic mass is 10.0. The van der Waals surface area contributed by atoms with E-state index in [0.29, 0.717) is 16.8 Å². The highest BCUT2D eigenvalue weighted by molar-refractivity contribution is 6.00. The van der Waals surface area contributed by atoms with E-state index < -0.39 is 17.9 Å². The Morgan fingerprint density at radius 3 is 2.23 bits per heavy atom. The first-order chi connectivity index (χ1) is 14.8. The average molecular weight is 418 g/mol. The van der Waals surface area contributed by atoms with E-state index in [1.165, 1.54) is 48.4 Å². The first-order valence-corrected chi connectivity index (χ1v) is 9.47. The van der Waals surface area contributed by atoms with Gasteiger partial charge in [-0.15, -0.1) is 0 Å². The summed E-state index contributed by atoms with van der Waals surface area (Å²) in [6.45, 7) is 0. The number of anilines is 1. The van der Waals surface area contributed by atoms with Crippen LogP contribution in [0.15, 0.2) is 78.9 Å². The molecule has 0 spiro atoms. The molecule has 158 valence electrons. The number of amides is 2. The smallest absolute Gasteiger partial charge is 0.251 e. The molecule has 0 fully saturated rings. The van der Waals surface area contributed by atoms with Gasteiger partial charge >= 0.3 is 0 Å². The van der Waals surface area contributed by atoms with Crippen LogP contribution in [0.25, 0.3) is 6.08 Å². The van der Waals surface area contributed by atoms with Crippen molar-refractivity contribution >= 4 is 23.6 Å². The van der Waals surface area contributed by atoms with Crippen molar-refractivity contribution in [2.75, 3.05) is 12.4 Å². The summed E-state index contributed by atoms with van der Waals surface area (Å²) in [6, 6.07) is 18.2. The van der Waals surface area contributed by atoms with E-state index >= 15 is 0 Å². The number of rotatable bonds is 6. The highest BCUT2D eigenvalue weighted by Crippen LogP contribution is 2.26. The van der Waals surface area contributed by atoms with Gasteiger partial charge in [0.2, 0.25) is 5.91 Å². The molecule has 2 amide bonds. The van der Waals surface area contributed by atoms with E-state index in [1.54, 1.807) is 42.5 Å². The van der Waals surface area contributed by atoms with Crippen molar-refractivity contribution in [3.8, 4) is 17.2 Å². The molecule has 3 aromatic carbocycles. The van der Waals surface area contributed by atoms with Crippen LogP contribution in [0.4, 0.5) is 5.69 Å². The Kier molecular flexibility index (Phi) is 6.57. The van der Waals surface area contributed by atoms with Crippen molar-refractivity contribution in [3.05, 3.63) is 90.0 Å². The van der Waals surface area contributed by atoms with Gasteiger partial charge in [0.1, 0.15) is 11.8 Å². The molecule has 4 N–H and O–H groups in total. The van der Waals surface area contributed by atoms with Gasteiger partial charge in [-0.3, -0.25) is 9.59 Å². The molecule has 31 heavy (non-hydrogen) atoms. The van der Waals surface area contributed by atoms with Crippen molar-refractivity contribution in [1.29, 1.82) is 0 Å². The van der Waals surface area contributed by atoms with Crippen molar-refractivity contribution in [2.45, 2.75) is 6.04 Å². The van der Waals surface area contributed by atoms with Crippen molar-refractivity contribution in [1.82, 2.24) is 4.90 Å². The van der Waals surface area contributed by atoms with Crippen LogP contribution in [0.2, 0.25) is 0 Å². The Balaban J connectivity index is 1.85. The lowest BCUT2D eigenvalue weighted by Gasteiger charge is -2.27. The fourth-order valence-corrected chi connectivity index (χ4v) is 3.00. The molecule has 1 atom stereocenters. The van der Waals surface area contributed by atoms with Gasteiger partial charge in [0.15, 0.2) is 11.5 Å². The Morgan fingerprint density at radius 1 is 0.903 bits per heavy atom.